The summed E-state index contributed by atoms with van der Waals surface area (Å²) in [5, 5.41) is 0. The van der Waals surface area contributed by atoms with Crippen LogP contribution in [0.3, 0.4) is 0 Å². The number of aryl methyl sites for hydroxylation is 2. The Kier molecular flexibility index (Phi) is 5.25. The fraction of sp³-hybridized carbons (Fsp3) is 0.333. The van der Waals surface area contributed by atoms with Crippen molar-refractivity contribution in [3.63, 3.8) is 0 Å². The van der Waals surface area contributed by atoms with Crippen molar-refractivity contribution in [3.8, 4) is 0 Å². The van der Waals surface area contributed by atoms with Gasteiger partial charge in [0.05, 0.1) is 4.88 Å². The molecule has 0 bridgehead atoms. The second-order valence-corrected chi connectivity index (χ2v) is 7.03. The summed E-state index contributed by atoms with van der Waals surface area (Å²) in [6.07, 6.45) is 6.84. The SMILES string of the molecule is O=C(NNC(=O)c1cc2c(s1)CCCCCC2)c1ccc(F)cc1. The van der Waals surface area contributed by atoms with Crippen molar-refractivity contribution in [2.75, 3.05) is 0 Å². The maximum Gasteiger partial charge on any atom is 0.279 e. The van der Waals surface area contributed by atoms with Crippen molar-refractivity contribution >= 4 is 23.2 Å². The zero-order chi connectivity index (χ0) is 16.9. The summed E-state index contributed by atoms with van der Waals surface area (Å²) in [5.41, 5.74) is 6.34. The van der Waals surface area contributed by atoms with Gasteiger partial charge in [0, 0.05) is 10.4 Å². The van der Waals surface area contributed by atoms with E-state index in [-0.39, 0.29) is 11.5 Å². The molecule has 2 amide bonds. The van der Waals surface area contributed by atoms with Crippen molar-refractivity contribution in [1.29, 1.82) is 0 Å². The lowest BCUT2D eigenvalue weighted by molar-refractivity contribution is 0.0849. The van der Waals surface area contributed by atoms with Gasteiger partial charge < -0.3 is 0 Å². The van der Waals surface area contributed by atoms with Gasteiger partial charge in [-0.1, -0.05) is 12.8 Å². The Labute approximate surface area is 144 Å². The van der Waals surface area contributed by atoms with Gasteiger partial charge in [0.15, 0.2) is 0 Å². The van der Waals surface area contributed by atoms with Gasteiger partial charge in [-0.3, -0.25) is 20.4 Å². The fourth-order valence-corrected chi connectivity index (χ4v) is 3.95. The van der Waals surface area contributed by atoms with E-state index < -0.39 is 11.7 Å². The Morgan fingerprint density at radius 1 is 0.917 bits per heavy atom. The third-order valence-electron chi connectivity index (χ3n) is 4.12. The second-order valence-electron chi connectivity index (χ2n) is 5.89. The number of fused-ring (bicyclic) bond motifs is 1. The highest BCUT2D eigenvalue weighted by molar-refractivity contribution is 7.14. The predicted octanol–water partition coefficient (Wildman–Crippen LogP) is 3.62. The molecule has 0 saturated heterocycles. The van der Waals surface area contributed by atoms with E-state index in [2.05, 4.69) is 10.9 Å². The Morgan fingerprint density at radius 3 is 2.33 bits per heavy atom. The molecule has 0 radical (unpaired) electrons. The van der Waals surface area contributed by atoms with Gasteiger partial charge in [0.2, 0.25) is 0 Å². The van der Waals surface area contributed by atoms with Gasteiger partial charge in [-0.15, -0.1) is 11.3 Å². The van der Waals surface area contributed by atoms with E-state index in [0.717, 1.165) is 25.7 Å². The topological polar surface area (TPSA) is 58.2 Å². The molecule has 0 saturated carbocycles. The van der Waals surface area contributed by atoms with Crippen LogP contribution in [-0.2, 0) is 12.8 Å². The Balaban J connectivity index is 1.61. The molecule has 24 heavy (non-hydrogen) atoms. The minimum atomic E-state index is -0.474. The smallest absolute Gasteiger partial charge is 0.267 e. The Bertz CT molecular complexity index is 714. The molecule has 1 aromatic carbocycles. The van der Waals surface area contributed by atoms with Gasteiger partial charge in [0.25, 0.3) is 11.8 Å². The van der Waals surface area contributed by atoms with Crippen molar-refractivity contribution in [3.05, 3.63) is 57.0 Å². The molecule has 0 spiro atoms. The highest BCUT2D eigenvalue weighted by Crippen LogP contribution is 2.28. The number of rotatable bonds is 2. The van der Waals surface area contributed by atoms with E-state index in [0.29, 0.717) is 4.88 Å². The Morgan fingerprint density at radius 2 is 1.58 bits per heavy atom. The molecule has 2 aromatic rings. The minimum Gasteiger partial charge on any atom is -0.267 e. The number of hydrogen-bond donors (Lipinski definition) is 2. The zero-order valence-electron chi connectivity index (χ0n) is 13.2. The first kappa shape index (κ1) is 16.6. The molecule has 126 valence electrons. The van der Waals surface area contributed by atoms with Crippen LogP contribution in [0, 0.1) is 5.82 Å². The van der Waals surface area contributed by atoms with E-state index in [4.69, 9.17) is 0 Å². The number of carbonyl (C=O) groups is 2. The van der Waals surface area contributed by atoms with Gasteiger partial charge in [0.1, 0.15) is 5.82 Å². The van der Waals surface area contributed by atoms with Crippen LogP contribution in [0.5, 0.6) is 0 Å². The number of nitrogens with one attached hydrogen (secondary N) is 2. The maximum absolute atomic E-state index is 12.9. The molecule has 4 nitrogen and oxygen atoms in total. The monoisotopic (exact) mass is 346 g/mol. The zero-order valence-corrected chi connectivity index (χ0v) is 14.0. The lowest BCUT2D eigenvalue weighted by atomic mass is 10.00. The van der Waals surface area contributed by atoms with Crippen molar-refractivity contribution in [1.82, 2.24) is 10.9 Å². The van der Waals surface area contributed by atoms with Crippen molar-refractivity contribution in [2.24, 2.45) is 0 Å². The summed E-state index contributed by atoms with van der Waals surface area (Å²) >= 11 is 1.50. The third kappa shape index (κ3) is 4.00. The van der Waals surface area contributed by atoms with Crippen LogP contribution in [0.2, 0.25) is 0 Å². The van der Waals surface area contributed by atoms with Crippen LogP contribution in [0.25, 0.3) is 0 Å². The van der Waals surface area contributed by atoms with Crippen molar-refractivity contribution < 1.29 is 14.0 Å². The molecule has 2 N–H and O–H groups in total. The lowest BCUT2D eigenvalue weighted by Gasteiger charge is -2.07. The number of amides is 2. The van der Waals surface area contributed by atoms with Crippen LogP contribution >= 0.6 is 11.3 Å². The van der Waals surface area contributed by atoms with E-state index in [1.165, 1.54) is 58.9 Å². The molecule has 1 aromatic heterocycles. The maximum atomic E-state index is 12.9. The molecular weight excluding hydrogens is 327 g/mol. The first-order valence-corrected chi connectivity index (χ1v) is 8.93. The fourth-order valence-electron chi connectivity index (χ4n) is 2.80. The van der Waals surface area contributed by atoms with Crippen LogP contribution in [-0.4, -0.2) is 11.8 Å². The molecule has 0 aliphatic heterocycles. The average molecular weight is 346 g/mol. The first-order valence-electron chi connectivity index (χ1n) is 8.11. The second kappa shape index (κ2) is 7.57. The van der Waals surface area contributed by atoms with E-state index >= 15 is 0 Å². The molecule has 0 unspecified atom stereocenters. The number of halogens is 1. The molecule has 0 atom stereocenters. The van der Waals surface area contributed by atoms with Gasteiger partial charge in [-0.2, -0.15) is 0 Å². The van der Waals surface area contributed by atoms with Crippen molar-refractivity contribution in [2.45, 2.75) is 38.5 Å². The highest BCUT2D eigenvalue weighted by Gasteiger charge is 2.16. The summed E-state index contributed by atoms with van der Waals surface area (Å²) in [6.45, 7) is 0. The predicted molar refractivity (Wildman–Crippen MR) is 91.5 cm³/mol. The van der Waals surface area contributed by atoms with Gasteiger partial charge >= 0.3 is 0 Å². The van der Waals surface area contributed by atoms with E-state index in [9.17, 15) is 14.0 Å². The van der Waals surface area contributed by atoms with Crippen LogP contribution in [0.1, 0.15) is 56.2 Å². The summed E-state index contributed by atoms with van der Waals surface area (Å²) < 4.78 is 12.9. The summed E-state index contributed by atoms with van der Waals surface area (Å²) in [7, 11) is 0. The summed E-state index contributed by atoms with van der Waals surface area (Å²) in [5.74, 6) is -1.20. The third-order valence-corrected chi connectivity index (χ3v) is 5.35. The lowest BCUT2D eigenvalue weighted by Crippen LogP contribution is -2.41. The number of benzene rings is 1. The largest absolute Gasteiger partial charge is 0.279 e. The minimum absolute atomic E-state index is 0.287. The Hall–Kier alpha value is -2.21. The number of hydrazine groups is 1. The standard InChI is InChI=1S/C18H19FN2O2S/c19-14-9-7-12(8-10-14)17(22)20-21-18(23)16-11-13-5-3-1-2-4-6-15(13)24-16/h7-11H,1-6H2,(H,20,22)(H,21,23). The molecule has 3 rings (SSSR count). The number of carbonyl (C=O) groups excluding carboxylic acids is 2. The molecular formula is C18H19FN2O2S. The summed E-state index contributed by atoms with van der Waals surface area (Å²) in [4.78, 5) is 26.1. The molecule has 0 fully saturated rings. The van der Waals surface area contributed by atoms with E-state index in [1.54, 1.807) is 0 Å². The molecule has 6 heteroatoms. The van der Waals surface area contributed by atoms with Gasteiger partial charge in [-0.25, -0.2) is 4.39 Å². The normalized spacial score (nSPS) is 14.2. The molecule has 1 aliphatic rings. The van der Waals surface area contributed by atoms with E-state index in [1.807, 2.05) is 6.07 Å². The first-order chi connectivity index (χ1) is 11.6. The summed E-state index contributed by atoms with van der Waals surface area (Å²) in [6, 6.07) is 7.08. The van der Waals surface area contributed by atoms with Crippen LogP contribution in [0.4, 0.5) is 4.39 Å². The van der Waals surface area contributed by atoms with Crippen LogP contribution < -0.4 is 10.9 Å². The quantitative estimate of drug-likeness (QED) is 0.816. The number of thiophene rings is 1. The average Bonchev–Trinajstić information content (AvgIpc) is 2.95. The van der Waals surface area contributed by atoms with Gasteiger partial charge in [-0.05, 0) is 61.6 Å². The van der Waals surface area contributed by atoms with Crippen LogP contribution in [0.15, 0.2) is 30.3 Å². The highest BCUT2D eigenvalue weighted by atomic mass is 32.1. The molecule has 1 aliphatic carbocycles. The molecule has 1 heterocycles. The number of hydrogen-bond acceptors (Lipinski definition) is 3.